The minimum atomic E-state index is -3.85. The van der Waals surface area contributed by atoms with E-state index >= 15 is 0 Å². The Morgan fingerprint density at radius 3 is 2.53 bits per heavy atom. The third-order valence-electron chi connectivity index (χ3n) is 2.13. The number of carbonyl (C=O) groups excluding carboxylic acids is 1. The molecule has 0 saturated carbocycles. The number of nitrogens with two attached hydrogens (primary N) is 1. The first-order valence-electron chi connectivity index (χ1n) is 5.19. The largest absolute Gasteiger partial charge is 0.459 e. The summed E-state index contributed by atoms with van der Waals surface area (Å²) >= 11 is 0. The number of rotatable bonds is 4. The molecule has 0 saturated heterocycles. The molecule has 4 N–H and O–H groups in total. The van der Waals surface area contributed by atoms with E-state index < -0.39 is 16.1 Å². The highest BCUT2D eigenvalue weighted by Crippen LogP contribution is 2.16. The van der Waals surface area contributed by atoms with Crippen molar-refractivity contribution in [3.05, 3.63) is 48.4 Å². The summed E-state index contributed by atoms with van der Waals surface area (Å²) in [6.07, 6.45) is 1.38. The monoisotopic (exact) mass is 281 g/mol. The first-order valence-corrected chi connectivity index (χ1v) is 6.74. The Morgan fingerprint density at radius 2 is 1.89 bits per heavy atom. The van der Waals surface area contributed by atoms with Gasteiger partial charge in [0.05, 0.1) is 12.0 Å². The number of benzene rings is 1. The Bertz CT molecular complexity index is 680. The lowest BCUT2D eigenvalue weighted by molar-refractivity contribution is 0.0996. The predicted octanol–water partition coefficient (Wildman–Crippen LogP) is 1.15. The normalized spacial score (nSPS) is 11.0. The summed E-state index contributed by atoms with van der Waals surface area (Å²) in [5.41, 5.74) is 0.662. The standard InChI is InChI=1S/C11H11N3O4S/c12-19(16,17)14-9-4-1-3-8(7-9)13-11(15)10-5-2-6-18-10/h1-7,14H,(H,13,15)(H2,12,16,17). The maximum atomic E-state index is 11.7. The van der Waals surface area contributed by atoms with Gasteiger partial charge in [-0.1, -0.05) is 6.07 Å². The van der Waals surface area contributed by atoms with Crippen LogP contribution in [-0.4, -0.2) is 14.3 Å². The Morgan fingerprint density at radius 1 is 1.16 bits per heavy atom. The van der Waals surface area contributed by atoms with Crippen molar-refractivity contribution >= 4 is 27.5 Å². The van der Waals surface area contributed by atoms with Crippen LogP contribution >= 0.6 is 0 Å². The number of carbonyl (C=O) groups is 1. The summed E-state index contributed by atoms with van der Waals surface area (Å²) in [7, 11) is -3.85. The van der Waals surface area contributed by atoms with E-state index in [9.17, 15) is 13.2 Å². The van der Waals surface area contributed by atoms with E-state index in [0.29, 0.717) is 5.69 Å². The topological polar surface area (TPSA) is 114 Å². The highest BCUT2D eigenvalue weighted by molar-refractivity contribution is 7.90. The van der Waals surface area contributed by atoms with Gasteiger partial charge in [0.2, 0.25) is 0 Å². The van der Waals surface area contributed by atoms with Crippen LogP contribution < -0.4 is 15.2 Å². The third-order valence-corrected chi connectivity index (χ3v) is 2.65. The van der Waals surface area contributed by atoms with Crippen LogP contribution in [0.5, 0.6) is 0 Å². The Labute approximate surface area is 109 Å². The van der Waals surface area contributed by atoms with Crippen LogP contribution in [0.4, 0.5) is 11.4 Å². The van der Waals surface area contributed by atoms with Crippen LogP contribution in [0.15, 0.2) is 47.1 Å². The van der Waals surface area contributed by atoms with E-state index in [-0.39, 0.29) is 11.4 Å². The summed E-state index contributed by atoms with van der Waals surface area (Å²) in [6.45, 7) is 0. The van der Waals surface area contributed by atoms with Gasteiger partial charge in [-0.2, -0.15) is 8.42 Å². The number of furan rings is 1. The average molecular weight is 281 g/mol. The van der Waals surface area contributed by atoms with Crippen molar-refractivity contribution in [1.82, 2.24) is 0 Å². The van der Waals surface area contributed by atoms with Crippen molar-refractivity contribution in [3.63, 3.8) is 0 Å². The fourth-order valence-corrected chi connectivity index (χ4v) is 1.88. The number of anilines is 2. The van der Waals surface area contributed by atoms with Gasteiger partial charge in [0.1, 0.15) is 0 Å². The first kappa shape index (κ1) is 13.1. The smallest absolute Gasteiger partial charge is 0.296 e. The van der Waals surface area contributed by atoms with Crippen LogP contribution in [0.2, 0.25) is 0 Å². The van der Waals surface area contributed by atoms with Gasteiger partial charge < -0.3 is 9.73 Å². The lowest BCUT2D eigenvalue weighted by Crippen LogP contribution is -2.21. The van der Waals surface area contributed by atoms with Crippen molar-refractivity contribution in [3.8, 4) is 0 Å². The van der Waals surface area contributed by atoms with Gasteiger partial charge in [-0.25, -0.2) is 5.14 Å². The minimum Gasteiger partial charge on any atom is -0.459 e. The van der Waals surface area contributed by atoms with Gasteiger partial charge in [-0.3, -0.25) is 9.52 Å². The van der Waals surface area contributed by atoms with Crippen molar-refractivity contribution in [2.45, 2.75) is 0 Å². The summed E-state index contributed by atoms with van der Waals surface area (Å²) in [5, 5.41) is 7.42. The summed E-state index contributed by atoms with van der Waals surface area (Å²) in [5.74, 6) is -0.275. The highest BCUT2D eigenvalue weighted by Gasteiger charge is 2.09. The molecule has 0 unspecified atom stereocenters. The summed E-state index contributed by atoms with van der Waals surface area (Å²) in [6, 6.07) is 9.23. The number of hydrogen-bond donors (Lipinski definition) is 3. The lowest BCUT2D eigenvalue weighted by Gasteiger charge is -2.07. The molecule has 0 spiro atoms. The molecule has 0 atom stereocenters. The Hall–Kier alpha value is -2.32. The molecular formula is C11H11N3O4S. The fraction of sp³-hybridized carbons (Fsp3) is 0. The first-order chi connectivity index (χ1) is 8.94. The third kappa shape index (κ3) is 3.83. The average Bonchev–Trinajstić information content (AvgIpc) is 2.80. The van der Waals surface area contributed by atoms with Crippen LogP contribution in [0.25, 0.3) is 0 Å². The molecule has 7 nitrogen and oxygen atoms in total. The number of hydrogen-bond acceptors (Lipinski definition) is 4. The molecule has 0 aliphatic heterocycles. The van der Waals surface area contributed by atoms with Gasteiger partial charge in [0.25, 0.3) is 16.1 Å². The van der Waals surface area contributed by atoms with Crippen molar-refractivity contribution < 1.29 is 17.6 Å². The fourth-order valence-electron chi connectivity index (χ4n) is 1.43. The van der Waals surface area contributed by atoms with Crippen LogP contribution in [0, 0.1) is 0 Å². The van der Waals surface area contributed by atoms with E-state index in [1.165, 1.54) is 24.5 Å². The van der Waals surface area contributed by atoms with Gasteiger partial charge in [0, 0.05) is 5.69 Å². The molecule has 1 aromatic carbocycles. The van der Waals surface area contributed by atoms with Gasteiger partial charge >= 0.3 is 0 Å². The van der Waals surface area contributed by atoms with Crippen molar-refractivity contribution in [2.75, 3.05) is 10.0 Å². The predicted molar refractivity (Wildman–Crippen MR) is 69.8 cm³/mol. The second kappa shape index (κ2) is 5.12. The van der Waals surface area contributed by atoms with E-state index in [4.69, 9.17) is 9.56 Å². The number of amides is 1. The number of nitrogens with one attached hydrogen (secondary N) is 2. The second-order valence-electron chi connectivity index (χ2n) is 3.66. The summed E-state index contributed by atoms with van der Waals surface area (Å²) < 4.78 is 28.8. The molecule has 1 amide bonds. The maximum Gasteiger partial charge on any atom is 0.296 e. The molecule has 8 heteroatoms. The van der Waals surface area contributed by atoms with Crippen LogP contribution in [0.3, 0.4) is 0 Å². The molecule has 2 rings (SSSR count). The maximum absolute atomic E-state index is 11.7. The summed E-state index contributed by atoms with van der Waals surface area (Å²) in [4.78, 5) is 11.7. The van der Waals surface area contributed by atoms with Gasteiger partial charge in [-0.05, 0) is 30.3 Å². The quantitative estimate of drug-likeness (QED) is 0.779. The van der Waals surface area contributed by atoms with Gasteiger partial charge in [-0.15, -0.1) is 0 Å². The SMILES string of the molecule is NS(=O)(=O)Nc1cccc(NC(=O)c2ccco2)c1. The zero-order valence-corrected chi connectivity index (χ0v) is 10.5. The van der Waals surface area contributed by atoms with Crippen LogP contribution in [-0.2, 0) is 10.2 Å². The van der Waals surface area contributed by atoms with E-state index in [2.05, 4.69) is 10.0 Å². The Balaban J connectivity index is 2.13. The van der Waals surface area contributed by atoms with E-state index in [0.717, 1.165) is 0 Å². The molecule has 0 fully saturated rings. The second-order valence-corrected chi connectivity index (χ2v) is 4.95. The molecule has 2 aromatic rings. The minimum absolute atomic E-state index is 0.157. The molecule has 0 aliphatic rings. The van der Waals surface area contributed by atoms with E-state index in [1.54, 1.807) is 18.2 Å². The molecule has 0 radical (unpaired) electrons. The van der Waals surface area contributed by atoms with Crippen LogP contribution in [0.1, 0.15) is 10.6 Å². The highest BCUT2D eigenvalue weighted by atomic mass is 32.2. The zero-order chi connectivity index (χ0) is 13.9. The molecule has 19 heavy (non-hydrogen) atoms. The molecule has 0 bridgehead atoms. The molecular weight excluding hydrogens is 270 g/mol. The Kier molecular flexibility index (Phi) is 3.54. The van der Waals surface area contributed by atoms with Crippen molar-refractivity contribution in [1.29, 1.82) is 0 Å². The molecule has 100 valence electrons. The van der Waals surface area contributed by atoms with Crippen molar-refractivity contribution in [2.24, 2.45) is 5.14 Å². The lowest BCUT2D eigenvalue weighted by atomic mass is 10.3. The molecule has 1 aromatic heterocycles. The molecule has 0 aliphatic carbocycles. The zero-order valence-electron chi connectivity index (χ0n) is 9.66. The van der Waals surface area contributed by atoms with E-state index in [1.807, 2.05) is 0 Å². The molecule has 1 heterocycles. The van der Waals surface area contributed by atoms with Gasteiger partial charge in [0.15, 0.2) is 5.76 Å².